The van der Waals surface area contributed by atoms with Crippen LogP contribution in [0.2, 0.25) is 0 Å². The molecule has 0 radical (unpaired) electrons. The van der Waals surface area contributed by atoms with Gasteiger partial charge in [0.15, 0.2) is 0 Å². The third kappa shape index (κ3) is 3.81. The summed E-state index contributed by atoms with van der Waals surface area (Å²) in [6.07, 6.45) is 1.27. The second-order valence-corrected chi connectivity index (χ2v) is 6.70. The fourth-order valence-corrected chi connectivity index (χ4v) is 3.75. The Balaban J connectivity index is 2.16. The maximum atomic E-state index is 9.67. The minimum atomic E-state index is -0.115. The van der Waals surface area contributed by atoms with Gasteiger partial charge in [0.05, 0.1) is 6.07 Å². The van der Waals surface area contributed by atoms with E-state index < -0.39 is 0 Å². The lowest BCUT2D eigenvalue weighted by Crippen LogP contribution is -2.40. The Hall–Kier alpha value is -1.53. The normalized spacial score (nSPS) is 23.8. The maximum Gasteiger partial charge on any atom is 0.123 e. The Kier molecular flexibility index (Phi) is 5.85. The van der Waals surface area contributed by atoms with E-state index in [-0.39, 0.29) is 6.04 Å². The van der Waals surface area contributed by atoms with Crippen molar-refractivity contribution in [2.24, 2.45) is 11.8 Å². The molecule has 22 heavy (non-hydrogen) atoms. The van der Waals surface area contributed by atoms with Crippen LogP contribution in [0.5, 0.6) is 0 Å². The summed E-state index contributed by atoms with van der Waals surface area (Å²) in [5.41, 5.74) is 2.37. The predicted octanol–water partition coefficient (Wildman–Crippen LogP) is 4.08. The zero-order chi connectivity index (χ0) is 16.1. The Morgan fingerprint density at radius 2 is 1.68 bits per heavy atom. The molecule has 0 N–H and O–H groups in total. The molecule has 0 amide bonds. The summed E-state index contributed by atoms with van der Waals surface area (Å²) in [5, 5.41) is 9.67. The molecule has 0 bridgehead atoms. The van der Waals surface area contributed by atoms with Crippen molar-refractivity contribution in [3.63, 3.8) is 0 Å². The molecule has 0 saturated carbocycles. The largest absolute Gasteiger partial charge is 0.372 e. The number of hydrogen-bond donors (Lipinski definition) is 0. The smallest absolute Gasteiger partial charge is 0.123 e. The third-order valence-corrected chi connectivity index (χ3v) is 4.72. The SMILES string of the molecule is CCN(CC)c1ccc(C(C#N)N2CC(C)CC(C)C2)cc1. The van der Waals surface area contributed by atoms with E-state index in [1.807, 2.05) is 0 Å². The van der Waals surface area contributed by atoms with Crippen LogP contribution < -0.4 is 4.90 Å². The van der Waals surface area contributed by atoms with Gasteiger partial charge in [-0.1, -0.05) is 26.0 Å². The maximum absolute atomic E-state index is 9.67. The molecular formula is C19H29N3. The lowest BCUT2D eigenvalue weighted by molar-refractivity contribution is 0.117. The number of anilines is 1. The predicted molar refractivity (Wildman–Crippen MR) is 92.9 cm³/mol. The lowest BCUT2D eigenvalue weighted by atomic mass is 9.90. The van der Waals surface area contributed by atoms with Crippen molar-refractivity contribution in [2.75, 3.05) is 31.1 Å². The molecule has 1 aromatic rings. The van der Waals surface area contributed by atoms with Gasteiger partial charge >= 0.3 is 0 Å². The van der Waals surface area contributed by atoms with Gasteiger partial charge < -0.3 is 4.90 Å². The standard InChI is InChI=1S/C19H29N3/c1-5-21(6-2)18-9-7-17(8-10-18)19(12-20)22-13-15(3)11-16(4)14-22/h7-10,15-16,19H,5-6,11,13-14H2,1-4H3. The number of rotatable bonds is 5. The van der Waals surface area contributed by atoms with Crippen LogP contribution >= 0.6 is 0 Å². The minimum Gasteiger partial charge on any atom is -0.372 e. The summed E-state index contributed by atoms with van der Waals surface area (Å²) in [4.78, 5) is 4.68. The second-order valence-electron chi connectivity index (χ2n) is 6.70. The molecule has 1 aromatic carbocycles. The van der Waals surface area contributed by atoms with Gasteiger partial charge in [0, 0.05) is 31.9 Å². The molecule has 0 aromatic heterocycles. The molecule has 3 unspecified atom stereocenters. The molecule has 3 heteroatoms. The fraction of sp³-hybridized carbons (Fsp3) is 0.632. The van der Waals surface area contributed by atoms with E-state index in [9.17, 15) is 5.26 Å². The van der Waals surface area contributed by atoms with E-state index in [0.717, 1.165) is 31.7 Å². The Bertz CT molecular complexity index is 488. The molecule has 1 saturated heterocycles. The molecule has 1 heterocycles. The highest BCUT2D eigenvalue weighted by Crippen LogP contribution is 2.30. The third-order valence-electron chi connectivity index (χ3n) is 4.72. The van der Waals surface area contributed by atoms with Crippen LogP contribution in [0.1, 0.15) is 45.7 Å². The zero-order valence-electron chi connectivity index (χ0n) is 14.4. The molecule has 1 aliphatic heterocycles. The summed E-state index contributed by atoms with van der Waals surface area (Å²) in [6.45, 7) is 13.0. The van der Waals surface area contributed by atoms with E-state index >= 15 is 0 Å². The average molecular weight is 299 g/mol. The highest BCUT2D eigenvalue weighted by atomic mass is 15.2. The minimum absolute atomic E-state index is 0.115. The van der Waals surface area contributed by atoms with E-state index in [4.69, 9.17) is 0 Å². The fourth-order valence-electron chi connectivity index (χ4n) is 3.75. The van der Waals surface area contributed by atoms with Gasteiger partial charge in [0.2, 0.25) is 0 Å². The van der Waals surface area contributed by atoms with E-state index in [1.54, 1.807) is 0 Å². The molecule has 1 fully saturated rings. The van der Waals surface area contributed by atoms with Crippen LogP contribution in [-0.2, 0) is 0 Å². The van der Waals surface area contributed by atoms with E-state index in [1.165, 1.54) is 12.1 Å². The number of nitriles is 1. The number of nitrogens with zero attached hydrogens (tertiary/aromatic N) is 3. The van der Waals surface area contributed by atoms with Gasteiger partial charge in [-0.15, -0.1) is 0 Å². The second kappa shape index (κ2) is 7.65. The monoisotopic (exact) mass is 299 g/mol. The van der Waals surface area contributed by atoms with Crippen LogP contribution in [0, 0.1) is 23.2 Å². The molecule has 120 valence electrons. The zero-order valence-corrected chi connectivity index (χ0v) is 14.4. The van der Waals surface area contributed by atoms with Crippen LogP contribution in [0.3, 0.4) is 0 Å². The summed E-state index contributed by atoms with van der Waals surface area (Å²) < 4.78 is 0. The van der Waals surface area contributed by atoms with Crippen molar-refractivity contribution in [3.05, 3.63) is 29.8 Å². The molecule has 1 aliphatic rings. The molecule has 0 spiro atoms. The number of hydrogen-bond acceptors (Lipinski definition) is 3. The van der Waals surface area contributed by atoms with Crippen molar-refractivity contribution < 1.29 is 0 Å². The average Bonchev–Trinajstić information content (AvgIpc) is 2.50. The molecule has 2 rings (SSSR count). The number of benzene rings is 1. The topological polar surface area (TPSA) is 30.3 Å². The molecule has 3 atom stereocenters. The van der Waals surface area contributed by atoms with Crippen molar-refractivity contribution >= 4 is 5.69 Å². The Morgan fingerprint density at radius 1 is 1.14 bits per heavy atom. The van der Waals surface area contributed by atoms with Crippen LogP contribution in [0.25, 0.3) is 0 Å². The Morgan fingerprint density at radius 3 is 2.14 bits per heavy atom. The first-order chi connectivity index (χ1) is 10.6. The summed E-state index contributed by atoms with van der Waals surface area (Å²) in [5.74, 6) is 1.35. The van der Waals surface area contributed by atoms with Crippen molar-refractivity contribution in [1.29, 1.82) is 5.26 Å². The summed E-state index contributed by atoms with van der Waals surface area (Å²) in [7, 11) is 0. The molecule has 0 aliphatic carbocycles. The lowest BCUT2D eigenvalue weighted by Gasteiger charge is -2.37. The van der Waals surface area contributed by atoms with Gasteiger partial charge in [0.25, 0.3) is 0 Å². The highest BCUT2D eigenvalue weighted by Gasteiger charge is 2.28. The summed E-state index contributed by atoms with van der Waals surface area (Å²) >= 11 is 0. The van der Waals surface area contributed by atoms with Gasteiger partial charge in [0.1, 0.15) is 6.04 Å². The number of piperidine rings is 1. The first-order valence-electron chi connectivity index (χ1n) is 8.57. The first-order valence-corrected chi connectivity index (χ1v) is 8.57. The Labute approximate surface area is 135 Å². The van der Waals surface area contributed by atoms with Crippen molar-refractivity contribution in [2.45, 2.75) is 40.2 Å². The van der Waals surface area contributed by atoms with Crippen LogP contribution in [0.4, 0.5) is 5.69 Å². The van der Waals surface area contributed by atoms with E-state index in [0.29, 0.717) is 11.8 Å². The van der Waals surface area contributed by atoms with Crippen LogP contribution in [-0.4, -0.2) is 31.1 Å². The number of likely N-dealkylation sites (tertiary alicyclic amines) is 1. The van der Waals surface area contributed by atoms with E-state index in [2.05, 4.69) is 67.8 Å². The molecule has 3 nitrogen and oxygen atoms in total. The van der Waals surface area contributed by atoms with Crippen molar-refractivity contribution in [3.8, 4) is 6.07 Å². The quantitative estimate of drug-likeness (QED) is 0.821. The van der Waals surface area contributed by atoms with Crippen molar-refractivity contribution in [1.82, 2.24) is 4.90 Å². The van der Waals surface area contributed by atoms with Gasteiger partial charge in [-0.05, 0) is 49.8 Å². The molecular weight excluding hydrogens is 270 g/mol. The first kappa shape index (κ1) is 16.8. The van der Waals surface area contributed by atoms with Gasteiger partial charge in [-0.25, -0.2) is 0 Å². The highest BCUT2D eigenvalue weighted by molar-refractivity contribution is 5.48. The summed E-state index contributed by atoms with van der Waals surface area (Å²) in [6, 6.07) is 11.0. The van der Waals surface area contributed by atoms with Gasteiger partial charge in [-0.2, -0.15) is 5.26 Å². The van der Waals surface area contributed by atoms with Gasteiger partial charge in [-0.3, -0.25) is 4.90 Å². The van der Waals surface area contributed by atoms with Crippen LogP contribution in [0.15, 0.2) is 24.3 Å².